The molecule has 0 amide bonds. The van der Waals surface area contributed by atoms with Gasteiger partial charge in [-0.1, -0.05) is 23.8 Å². The third kappa shape index (κ3) is 5.10. The first-order valence-electron chi connectivity index (χ1n) is 11.0. The van der Waals surface area contributed by atoms with Crippen molar-refractivity contribution in [3.8, 4) is 39.8 Å². The van der Waals surface area contributed by atoms with Crippen LogP contribution in [0.2, 0.25) is 0 Å². The van der Waals surface area contributed by atoms with Crippen LogP contribution < -0.4 is 14.2 Å². The third-order valence-corrected chi connectivity index (χ3v) is 5.60. The molecule has 0 saturated carbocycles. The van der Waals surface area contributed by atoms with Crippen molar-refractivity contribution in [2.24, 2.45) is 0 Å². The lowest BCUT2D eigenvalue weighted by Gasteiger charge is -2.14. The van der Waals surface area contributed by atoms with Crippen molar-refractivity contribution >= 4 is 10.8 Å². The van der Waals surface area contributed by atoms with E-state index < -0.39 is 0 Å². The van der Waals surface area contributed by atoms with Crippen LogP contribution in [0.1, 0.15) is 5.56 Å². The van der Waals surface area contributed by atoms with E-state index in [-0.39, 0.29) is 0 Å². The van der Waals surface area contributed by atoms with Crippen molar-refractivity contribution in [2.45, 2.75) is 6.92 Å². The summed E-state index contributed by atoms with van der Waals surface area (Å²) >= 11 is 0. The Labute approximate surface area is 195 Å². The molecule has 4 aromatic rings. The maximum Gasteiger partial charge on any atom is 0.161 e. The maximum atomic E-state index is 5.86. The number of pyridine rings is 1. The zero-order valence-electron chi connectivity index (χ0n) is 19.9. The van der Waals surface area contributed by atoms with Crippen molar-refractivity contribution in [3.05, 3.63) is 72.3 Å². The lowest BCUT2D eigenvalue weighted by molar-refractivity contribution is 0.261. The third-order valence-electron chi connectivity index (χ3n) is 5.60. The summed E-state index contributed by atoms with van der Waals surface area (Å²) in [5.74, 6) is 2.24. The highest BCUT2D eigenvalue weighted by molar-refractivity contribution is 5.97. The van der Waals surface area contributed by atoms with E-state index in [1.54, 1.807) is 14.2 Å². The van der Waals surface area contributed by atoms with Gasteiger partial charge in [-0.15, -0.1) is 0 Å². The van der Waals surface area contributed by atoms with Gasteiger partial charge in [-0.25, -0.2) is 4.98 Å². The summed E-state index contributed by atoms with van der Waals surface area (Å²) in [6.45, 7) is 3.64. The second kappa shape index (κ2) is 9.92. The summed E-state index contributed by atoms with van der Waals surface area (Å²) in [6, 6.07) is 22.7. The Balaban J connectivity index is 1.77. The average Bonchev–Trinajstić information content (AvgIpc) is 2.83. The van der Waals surface area contributed by atoms with Gasteiger partial charge in [0, 0.05) is 23.1 Å². The molecule has 0 saturated heterocycles. The summed E-state index contributed by atoms with van der Waals surface area (Å²) in [6.07, 6.45) is 0. The average molecular weight is 443 g/mol. The molecule has 0 unspecified atom stereocenters. The van der Waals surface area contributed by atoms with E-state index in [0.717, 1.165) is 45.6 Å². The van der Waals surface area contributed by atoms with E-state index in [1.165, 1.54) is 5.56 Å². The first-order chi connectivity index (χ1) is 16.0. The smallest absolute Gasteiger partial charge is 0.161 e. The predicted molar refractivity (Wildman–Crippen MR) is 135 cm³/mol. The SMILES string of the molecule is COc1ccc(-c2cc3cc(C)ccc3c(-c3ccc(OCCN(C)C)cc3)n2)cc1OC. The number of nitrogens with zero attached hydrogens (tertiary/aromatic N) is 2. The highest BCUT2D eigenvalue weighted by Crippen LogP contribution is 2.36. The number of hydrogen-bond donors (Lipinski definition) is 0. The Morgan fingerprint density at radius 1 is 0.788 bits per heavy atom. The molecule has 4 rings (SSSR count). The van der Waals surface area contributed by atoms with Gasteiger partial charge < -0.3 is 19.1 Å². The van der Waals surface area contributed by atoms with Crippen LogP contribution in [-0.4, -0.2) is 51.4 Å². The van der Waals surface area contributed by atoms with Crippen LogP contribution in [0.5, 0.6) is 17.2 Å². The maximum absolute atomic E-state index is 5.86. The summed E-state index contributed by atoms with van der Waals surface area (Å²) in [7, 11) is 7.36. The van der Waals surface area contributed by atoms with Crippen molar-refractivity contribution in [1.82, 2.24) is 9.88 Å². The molecule has 1 heterocycles. The van der Waals surface area contributed by atoms with Gasteiger partial charge in [-0.2, -0.15) is 0 Å². The molecular weight excluding hydrogens is 412 g/mol. The van der Waals surface area contributed by atoms with Gasteiger partial charge in [0.25, 0.3) is 0 Å². The lowest BCUT2D eigenvalue weighted by Crippen LogP contribution is -2.19. The molecule has 0 fully saturated rings. The highest BCUT2D eigenvalue weighted by atomic mass is 16.5. The second-order valence-electron chi connectivity index (χ2n) is 8.33. The van der Waals surface area contributed by atoms with Crippen LogP contribution in [0.15, 0.2) is 66.7 Å². The number of likely N-dealkylation sites (N-methyl/N-ethyl adjacent to an activating group) is 1. The topological polar surface area (TPSA) is 43.8 Å². The Morgan fingerprint density at radius 3 is 2.21 bits per heavy atom. The first kappa shape index (κ1) is 22.6. The molecule has 5 heteroatoms. The molecule has 0 aliphatic rings. The fourth-order valence-corrected chi connectivity index (χ4v) is 3.80. The van der Waals surface area contributed by atoms with E-state index in [4.69, 9.17) is 19.2 Å². The Kier molecular flexibility index (Phi) is 6.80. The van der Waals surface area contributed by atoms with E-state index in [9.17, 15) is 0 Å². The van der Waals surface area contributed by atoms with Crippen LogP contribution in [0.25, 0.3) is 33.3 Å². The number of benzene rings is 3. The molecule has 0 atom stereocenters. The van der Waals surface area contributed by atoms with Crippen LogP contribution in [0.3, 0.4) is 0 Å². The number of hydrogen-bond acceptors (Lipinski definition) is 5. The number of aryl methyl sites for hydroxylation is 1. The molecule has 170 valence electrons. The summed E-state index contributed by atoms with van der Waals surface area (Å²) < 4.78 is 16.8. The normalized spacial score (nSPS) is 11.1. The lowest BCUT2D eigenvalue weighted by atomic mass is 9.99. The molecule has 0 radical (unpaired) electrons. The molecular formula is C28H30N2O3. The van der Waals surface area contributed by atoms with Crippen molar-refractivity contribution in [1.29, 1.82) is 0 Å². The van der Waals surface area contributed by atoms with Crippen molar-refractivity contribution in [2.75, 3.05) is 41.5 Å². The van der Waals surface area contributed by atoms with Gasteiger partial charge in [-0.3, -0.25) is 0 Å². The molecule has 0 aliphatic heterocycles. The second-order valence-corrected chi connectivity index (χ2v) is 8.33. The number of aromatic nitrogens is 1. The van der Waals surface area contributed by atoms with Gasteiger partial charge in [0.15, 0.2) is 11.5 Å². The quantitative estimate of drug-likeness (QED) is 0.343. The van der Waals surface area contributed by atoms with Crippen LogP contribution >= 0.6 is 0 Å². The molecule has 0 bridgehead atoms. The van der Waals surface area contributed by atoms with Gasteiger partial charge >= 0.3 is 0 Å². The Morgan fingerprint density at radius 2 is 1.52 bits per heavy atom. The van der Waals surface area contributed by atoms with Gasteiger partial charge in [0.1, 0.15) is 12.4 Å². The summed E-state index contributed by atoms with van der Waals surface area (Å²) in [5, 5.41) is 2.27. The van der Waals surface area contributed by atoms with Crippen molar-refractivity contribution < 1.29 is 14.2 Å². The number of rotatable bonds is 8. The van der Waals surface area contributed by atoms with Crippen LogP contribution in [-0.2, 0) is 0 Å². The predicted octanol–water partition coefficient (Wildman–Crippen LogP) is 5.83. The minimum Gasteiger partial charge on any atom is -0.493 e. The molecule has 0 N–H and O–H groups in total. The van der Waals surface area contributed by atoms with Crippen molar-refractivity contribution in [3.63, 3.8) is 0 Å². The van der Waals surface area contributed by atoms with E-state index in [2.05, 4.69) is 48.2 Å². The fraction of sp³-hybridized carbons (Fsp3) is 0.250. The van der Waals surface area contributed by atoms with Crippen LogP contribution in [0.4, 0.5) is 0 Å². The summed E-state index contributed by atoms with van der Waals surface area (Å²) in [4.78, 5) is 7.18. The monoisotopic (exact) mass is 442 g/mol. The van der Waals surface area contributed by atoms with Gasteiger partial charge in [0.05, 0.1) is 25.6 Å². The first-order valence-corrected chi connectivity index (χ1v) is 11.0. The standard InChI is InChI=1S/C28H30N2O3/c1-19-6-12-24-22(16-19)17-25(21-9-13-26(31-4)27(18-21)32-5)29-28(24)20-7-10-23(11-8-20)33-15-14-30(2)3/h6-13,16-18H,14-15H2,1-5H3. The zero-order valence-corrected chi connectivity index (χ0v) is 19.9. The molecule has 33 heavy (non-hydrogen) atoms. The Hall–Kier alpha value is -3.57. The largest absolute Gasteiger partial charge is 0.493 e. The number of methoxy groups -OCH3 is 2. The van der Waals surface area contributed by atoms with Gasteiger partial charge in [-0.05, 0) is 74.9 Å². The fourth-order valence-electron chi connectivity index (χ4n) is 3.80. The summed E-state index contributed by atoms with van der Waals surface area (Å²) in [5.41, 5.74) is 5.06. The molecule has 5 nitrogen and oxygen atoms in total. The van der Waals surface area contributed by atoms with E-state index in [0.29, 0.717) is 18.1 Å². The minimum atomic E-state index is 0.654. The minimum absolute atomic E-state index is 0.654. The molecule has 1 aromatic heterocycles. The molecule has 3 aromatic carbocycles. The number of ether oxygens (including phenoxy) is 3. The molecule has 0 aliphatic carbocycles. The van der Waals surface area contributed by atoms with Gasteiger partial charge in [0.2, 0.25) is 0 Å². The van der Waals surface area contributed by atoms with E-state index in [1.807, 2.05) is 44.4 Å². The van der Waals surface area contributed by atoms with E-state index >= 15 is 0 Å². The van der Waals surface area contributed by atoms with Crippen LogP contribution in [0, 0.1) is 6.92 Å². The number of fused-ring (bicyclic) bond motifs is 1. The highest BCUT2D eigenvalue weighted by Gasteiger charge is 2.13. The Bertz CT molecular complexity index is 1250. The molecule has 0 spiro atoms. The zero-order chi connectivity index (χ0) is 23.4.